The van der Waals surface area contributed by atoms with E-state index in [1.54, 1.807) is 24.8 Å². The molecule has 0 aliphatic rings. The van der Waals surface area contributed by atoms with Gasteiger partial charge in [0.25, 0.3) is 11.8 Å². The van der Waals surface area contributed by atoms with Gasteiger partial charge in [0.15, 0.2) is 0 Å². The van der Waals surface area contributed by atoms with Crippen molar-refractivity contribution < 1.29 is 8.83 Å². The summed E-state index contributed by atoms with van der Waals surface area (Å²) < 4.78 is 11.8. The van der Waals surface area contributed by atoms with Crippen molar-refractivity contribution in [3.8, 4) is 46.1 Å². The minimum Gasteiger partial charge on any atom is -0.415 e. The maximum absolute atomic E-state index is 5.92. The molecule has 7 rings (SSSR count). The van der Waals surface area contributed by atoms with Crippen molar-refractivity contribution in [3.05, 3.63) is 85.5 Å². The maximum Gasteiger partial charge on any atom is 0.266 e. The number of nitrogens with zero attached hydrogens (tertiary/aromatic N) is 8. The Kier molecular flexibility index (Phi) is 4.53. The Labute approximate surface area is 202 Å². The van der Waals surface area contributed by atoms with Crippen LogP contribution in [0.1, 0.15) is 0 Å². The lowest BCUT2D eigenvalue weighted by Gasteiger charge is -2.00. The van der Waals surface area contributed by atoms with E-state index in [0.717, 1.165) is 21.8 Å². The molecule has 170 valence electrons. The van der Waals surface area contributed by atoms with Crippen LogP contribution in [0, 0.1) is 0 Å². The second-order valence-corrected chi connectivity index (χ2v) is 7.94. The molecule has 1 aromatic carbocycles. The highest BCUT2D eigenvalue weighted by molar-refractivity contribution is 5.81. The predicted molar refractivity (Wildman–Crippen MR) is 130 cm³/mol. The SMILES string of the molecule is c1cc(-c2nnc(-c3cc4cccnc4cn3)o2)cc(-c2nnc(-c3cc4cccnc4cn3)o2)c1. The van der Waals surface area contributed by atoms with Crippen molar-refractivity contribution in [3.63, 3.8) is 0 Å². The molecule has 0 spiro atoms. The Hall–Kier alpha value is -5.38. The molecule has 0 N–H and O–H groups in total. The molecule has 0 saturated heterocycles. The van der Waals surface area contributed by atoms with E-state index >= 15 is 0 Å². The summed E-state index contributed by atoms with van der Waals surface area (Å²) in [5.41, 5.74) is 4.16. The summed E-state index contributed by atoms with van der Waals surface area (Å²) in [6.45, 7) is 0. The maximum atomic E-state index is 5.92. The van der Waals surface area contributed by atoms with Gasteiger partial charge in [-0.1, -0.05) is 18.2 Å². The molecule has 36 heavy (non-hydrogen) atoms. The Bertz CT molecular complexity index is 1740. The first kappa shape index (κ1) is 20.0. The third-order valence-corrected chi connectivity index (χ3v) is 5.62. The molecule has 0 unspecified atom stereocenters. The Balaban J connectivity index is 1.19. The lowest BCUT2D eigenvalue weighted by atomic mass is 10.1. The smallest absolute Gasteiger partial charge is 0.266 e. The molecule has 0 saturated carbocycles. The van der Waals surface area contributed by atoms with Crippen LogP contribution in [0.15, 0.2) is 94.3 Å². The lowest BCUT2D eigenvalue weighted by molar-refractivity contribution is 0.580. The molecule has 0 fully saturated rings. The van der Waals surface area contributed by atoms with Crippen LogP contribution < -0.4 is 0 Å². The van der Waals surface area contributed by atoms with E-state index in [-0.39, 0.29) is 0 Å². The molecule has 10 nitrogen and oxygen atoms in total. The van der Waals surface area contributed by atoms with E-state index in [1.807, 2.05) is 60.7 Å². The summed E-state index contributed by atoms with van der Waals surface area (Å²) in [6.07, 6.45) is 6.82. The summed E-state index contributed by atoms with van der Waals surface area (Å²) in [5.74, 6) is 1.34. The first-order chi connectivity index (χ1) is 17.8. The van der Waals surface area contributed by atoms with Crippen molar-refractivity contribution in [1.82, 2.24) is 40.3 Å². The van der Waals surface area contributed by atoms with Gasteiger partial charge in [0, 0.05) is 34.3 Å². The van der Waals surface area contributed by atoms with E-state index in [2.05, 4.69) is 40.3 Å². The van der Waals surface area contributed by atoms with Crippen LogP contribution in [0.5, 0.6) is 0 Å². The molecule has 0 atom stereocenters. The second kappa shape index (κ2) is 8.13. The highest BCUT2D eigenvalue weighted by atomic mass is 16.4. The van der Waals surface area contributed by atoms with E-state index in [4.69, 9.17) is 8.83 Å². The van der Waals surface area contributed by atoms with Gasteiger partial charge in [-0.3, -0.25) is 9.97 Å². The summed E-state index contributed by atoms with van der Waals surface area (Å²) in [6, 6.07) is 18.8. The second-order valence-electron chi connectivity index (χ2n) is 7.94. The van der Waals surface area contributed by atoms with Crippen LogP contribution in [-0.4, -0.2) is 40.3 Å². The zero-order valence-electron chi connectivity index (χ0n) is 18.5. The van der Waals surface area contributed by atoms with Gasteiger partial charge in [0.05, 0.1) is 23.4 Å². The van der Waals surface area contributed by atoms with Crippen LogP contribution in [0.3, 0.4) is 0 Å². The molecule has 0 amide bonds. The van der Waals surface area contributed by atoms with E-state index in [1.165, 1.54) is 0 Å². The lowest BCUT2D eigenvalue weighted by Crippen LogP contribution is -1.85. The first-order valence-electron chi connectivity index (χ1n) is 11.0. The summed E-state index contributed by atoms with van der Waals surface area (Å²) >= 11 is 0. The number of benzene rings is 1. The summed E-state index contributed by atoms with van der Waals surface area (Å²) in [4.78, 5) is 17.4. The molecule has 0 aliphatic carbocycles. The number of aromatic nitrogens is 8. The minimum atomic E-state index is 0.318. The van der Waals surface area contributed by atoms with Gasteiger partial charge >= 0.3 is 0 Å². The monoisotopic (exact) mass is 470 g/mol. The number of hydrogen-bond acceptors (Lipinski definition) is 10. The summed E-state index contributed by atoms with van der Waals surface area (Å²) in [5, 5.41) is 18.6. The van der Waals surface area contributed by atoms with Gasteiger partial charge in [-0.25, -0.2) is 9.97 Å². The fourth-order valence-electron chi connectivity index (χ4n) is 3.86. The average Bonchev–Trinajstić information content (AvgIpc) is 3.64. The highest BCUT2D eigenvalue weighted by Gasteiger charge is 2.16. The predicted octanol–water partition coefficient (Wildman–Crippen LogP) is 5.01. The third kappa shape index (κ3) is 3.53. The van der Waals surface area contributed by atoms with Gasteiger partial charge in [-0.2, -0.15) is 0 Å². The molecular formula is C26H14N8O2. The molecule has 0 aliphatic heterocycles. The number of pyridine rings is 4. The van der Waals surface area contributed by atoms with E-state index in [9.17, 15) is 0 Å². The van der Waals surface area contributed by atoms with Gasteiger partial charge < -0.3 is 8.83 Å². The Morgan fingerprint density at radius 1 is 0.472 bits per heavy atom. The normalized spacial score (nSPS) is 11.3. The third-order valence-electron chi connectivity index (χ3n) is 5.62. The standard InChI is InChI=1S/C26H14N8O2/c1-4-17(23-31-33-25(35-23)19-11-15-6-2-8-27-21(15)13-29-19)10-18(5-1)24-32-34-26(36-24)20-12-16-7-3-9-28-22(16)14-30-20/h1-14H. The zero-order valence-corrected chi connectivity index (χ0v) is 18.5. The molecule has 0 bridgehead atoms. The van der Waals surface area contributed by atoms with Crippen molar-refractivity contribution in [2.45, 2.75) is 0 Å². The largest absolute Gasteiger partial charge is 0.415 e. The topological polar surface area (TPSA) is 129 Å². The van der Waals surface area contributed by atoms with Crippen LogP contribution >= 0.6 is 0 Å². The van der Waals surface area contributed by atoms with Crippen LogP contribution in [0.2, 0.25) is 0 Å². The van der Waals surface area contributed by atoms with Crippen molar-refractivity contribution in [1.29, 1.82) is 0 Å². The first-order valence-corrected chi connectivity index (χ1v) is 11.0. The van der Waals surface area contributed by atoms with Crippen molar-refractivity contribution in [2.24, 2.45) is 0 Å². The van der Waals surface area contributed by atoms with Crippen LogP contribution in [-0.2, 0) is 0 Å². The van der Waals surface area contributed by atoms with Gasteiger partial charge in [0.2, 0.25) is 11.8 Å². The van der Waals surface area contributed by atoms with Crippen LogP contribution in [0.4, 0.5) is 0 Å². The molecule has 7 aromatic rings. The number of fused-ring (bicyclic) bond motifs is 2. The molecule has 10 heteroatoms. The van der Waals surface area contributed by atoms with Crippen molar-refractivity contribution in [2.75, 3.05) is 0 Å². The van der Waals surface area contributed by atoms with Gasteiger partial charge in [0.1, 0.15) is 11.4 Å². The fraction of sp³-hybridized carbons (Fsp3) is 0. The molecule has 6 heterocycles. The summed E-state index contributed by atoms with van der Waals surface area (Å²) in [7, 11) is 0. The van der Waals surface area contributed by atoms with Crippen LogP contribution in [0.25, 0.3) is 67.9 Å². The molecule has 0 radical (unpaired) electrons. The van der Waals surface area contributed by atoms with E-state index < -0.39 is 0 Å². The number of rotatable bonds is 4. The Morgan fingerprint density at radius 3 is 1.50 bits per heavy atom. The molecular weight excluding hydrogens is 456 g/mol. The van der Waals surface area contributed by atoms with Gasteiger partial charge in [-0.05, 0) is 42.5 Å². The Morgan fingerprint density at radius 2 is 0.972 bits per heavy atom. The van der Waals surface area contributed by atoms with E-state index in [0.29, 0.717) is 46.1 Å². The highest BCUT2D eigenvalue weighted by Crippen LogP contribution is 2.29. The molecule has 6 aromatic heterocycles. The minimum absolute atomic E-state index is 0.318. The number of hydrogen-bond donors (Lipinski definition) is 0. The van der Waals surface area contributed by atoms with Crippen molar-refractivity contribution >= 4 is 21.8 Å². The average molecular weight is 470 g/mol. The fourth-order valence-corrected chi connectivity index (χ4v) is 3.86. The van der Waals surface area contributed by atoms with Gasteiger partial charge in [-0.15, -0.1) is 20.4 Å². The zero-order chi connectivity index (χ0) is 23.9. The quantitative estimate of drug-likeness (QED) is 0.346.